The molecule has 1 fully saturated rings. The van der Waals surface area contributed by atoms with Crippen LogP contribution in [0.15, 0.2) is 40.9 Å². The van der Waals surface area contributed by atoms with Crippen molar-refractivity contribution in [3.05, 3.63) is 53.7 Å². The van der Waals surface area contributed by atoms with E-state index in [4.69, 9.17) is 10.2 Å². The van der Waals surface area contributed by atoms with Crippen LogP contribution < -0.4 is 5.73 Å². The summed E-state index contributed by atoms with van der Waals surface area (Å²) in [4.78, 5) is 6.99. The van der Waals surface area contributed by atoms with Crippen molar-refractivity contribution in [3.63, 3.8) is 0 Å². The SMILES string of the molecule is CC(c1ncc(C(C)(C)C)o1)N1C[C@@H](CN)[C@H](c2ccccc2)C1. The Morgan fingerprint density at radius 2 is 1.96 bits per heavy atom. The second kappa shape index (κ2) is 6.69. The van der Waals surface area contributed by atoms with Crippen LogP contribution in [0.3, 0.4) is 0 Å². The minimum Gasteiger partial charge on any atom is -0.443 e. The second-order valence-electron chi connectivity index (χ2n) is 7.96. The summed E-state index contributed by atoms with van der Waals surface area (Å²) >= 11 is 0. The van der Waals surface area contributed by atoms with Crippen LogP contribution >= 0.6 is 0 Å². The van der Waals surface area contributed by atoms with Crippen molar-refractivity contribution in [1.82, 2.24) is 9.88 Å². The first-order valence-electron chi connectivity index (χ1n) is 8.85. The molecular formula is C20H29N3O. The number of benzene rings is 1. The fraction of sp³-hybridized carbons (Fsp3) is 0.550. The van der Waals surface area contributed by atoms with Crippen molar-refractivity contribution in [2.24, 2.45) is 11.7 Å². The van der Waals surface area contributed by atoms with Gasteiger partial charge in [0.15, 0.2) is 0 Å². The zero-order valence-corrected chi connectivity index (χ0v) is 15.2. The molecule has 3 rings (SSSR count). The Hall–Kier alpha value is -1.65. The van der Waals surface area contributed by atoms with Crippen LogP contribution in [-0.2, 0) is 5.41 Å². The molecule has 1 aliphatic heterocycles. The number of nitrogens with zero attached hydrogens (tertiary/aromatic N) is 2. The van der Waals surface area contributed by atoms with Gasteiger partial charge in [-0.25, -0.2) is 4.98 Å². The summed E-state index contributed by atoms with van der Waals surface area (Å²) in [6.45, 7) is 11.3. The zero-order valence-electron chi connectivity index (χ0n) is 15.2. The molecule has 1 aliphatic rings. The van der Waals surface area contributed by atoms with E-state index >= 15 is 0 Å². The van der Waals surface area contributed by atoms with Crippen LogP contribution in [0, 0.1) is 5.92 Å². The third-order valence-electron chi connectivity index (χ3n) is 5.17. The molecule has 1 aromatic heterocycles. The summed E-state index contributed by atoms with van der Waals surface area (Å²) in [6.07, 6.45) is 1.87. The minimum absolute atomic E-state index is 0.0116. The van der Waals surface area contributed by atoms with Crippen molar-refractivity contribution >= 4 is 0 Å². The number of hydrogen-bond donors (Lipinski definition) is 1. The molecule has 2 aromatic rings. The van der Waals surface area contributed by atoms with E-state index in [0.29, 0.717) is 18.4 Å². The first-order chi connectivity index (χ1) is 11.4. The van der Waals surface area contributed by atoms with Crippen LogP contribution in [0.1, 0.15) is 56.9 Å². The van der Waals surface area contributed by atoms with E-state index in [2.05, 4.69) is 67.9 Å². The predicted molar refractivity (Wildman–Crippen MR) is 96.9 cm³/mol. The van der Waals surface area contributed by atoms with Crippen molar-refractivity contribution < 1.29 is 4.42 Å². The maximum atomic E-state index is 6.06. The highest BCUT2D eigenvalue weighted by Crippen LogP contribution is 2.37. The number of likely N-dealkylation sites (tertiary alicyclic amines) is 1. The van der Waals surface area contributed by atoms with Crippen LogP contribution in [0.25, 0.3) is 0 Å². The number of nitrogens with two attached hydrogens (primary N) is 1. The van der Waals surface area contributed by atoms with E-state index in [1.54, 1.807) is 0 Å². The molecule has 0 bridgehead atoms. The standard InChI is InChI=1S/C20H29N3O/c1-14(19-22-11-18(24-19)20(2,3)4)23-12-16(10-21)17(13-23)15-8-6-5-7-9-15/h5-9,11,14,16-17H,10,12-13,21H2,1-4H3/t14?,16-,17+/m1/s1. The van der Waals surface area contributed by atoms with E-state index in [1.165, 1.54) is 5.56 Å². The summed E-state index contributed by atoms with van der Waals surface area (Å²) in [7, 11) is 0. The van der Waals surface area contributed by atoms with E-state index < -0.39 is 0 Å². The lowest BCUT2D eigenvalue weighted by molar-refractivity contribution is 0.209. The monoisotopic (exact) mass is 327 g/mol. The molecule has 1 aromatic carbocycles. The summed E-state index contributed by atoms with van der Waals surface area (Å²) in [6, 6.07) is 10.9. The lowest BCUT2D eigenvalue weighted by Gasteiger charge is -2.22. The molecule has 3 atom stereocenters. The largest absolute Gasteiger partial charge is 0.443 e. The van der Waals surface area contributed by atoms with Gasteiger partial charge in [-0.1, -0.05) is 51.1 Å². The van der Waals surface area contributed by atoms with Gasteiger partial charge in [0.2, 0.25) is 5.89 Å². The Morgan fingerprint density at radius 1 is 1.25 bits per heavy atom. The molecule has 24 heavy (non-hydrogen) atoms. The molecule has 0 aliphatic carbocycles. The van der Waals surface area contributed by atoms with E-state index in [9.17, 15) is 0 Å². The highest BCUT2D eigenvalue weighted by molar-refractivity contribution is 5.23. The van der Waals surface area contributed by atoms with Gasteiger partial charge < -0.3 is 10.2 Å². The quantitative estimate of drug-likeness (QED) is 0.930. The lowest BCUT2D eigenvalue weighted by Crippen LogP contribution is -2.26. The van der Waals surface area contributed by atoms with Gasteiger partial charge in [-0.15, -0.1) is 0 Å². The highest BCUT2D eigenvalue weighted by atomic mass is 16.4. The average Bonchev–Trinajstić information content (AvgIpc) is 3.22. The van der Waals surface area contributed by atoms with Crippen molar-refractivity contribution in [1.29, 1.82) is 0 Å². The fourth-order valence-corrected chi connectivity index (χ4v) is 3.52. The van der Waals surface area contributed by atoms with E-state index in [1.807, 2.05) is 6.20 Å². The molecule has 1 unspecified atom stereocenters. The average molecular weight is 327 g/mol. The molecule has 2 heterocycles. The third-order valence-corrected chi connectivity index (χ3v) is 5.17. The van der Waals surface area contributed by atoms with Crippen LogP contribution in [0.2, 0.25) is 0 Å². The fourth-order valence-electron chi connectivity index (χ4n) is 3.52. The first-order valence-corrected chi connectivity index (χ1v) is 8.85. The normalized spacial score (nSPS) is 23.5. The highest BCUT2D eigenvalue weighted by Gasteiger charge is 2.36. The van der Waals surface area contributed by atoms with Gasteiger partial charge in [0.25, 0.3) is 0 Å². The Labute approximate surface area is 145 Å². The third kappa shape index (κ3) is 3.40. The Bertz CT molecular complexity index is 659. The maximum absolute atomic E-state index is 6.06. The van der Waals surface area contributed by atoms with Crippen molar-refractivity contribution in [3.8, 4) is 0 Å². The number of rotatable bonds is 4. The number of hydrogen-bond acceptors (Lipinski definition) is 4. The Morgan fingerprint density at radius 3 is 2.54 bits per heavy atom. The molecule has 0 amide bonds. The molecule has 4 heteroatoms. The van der Waals surface area contributed by atoms with Gasteiger partial charge in [0, 0.05) is 24.4 Å². The number of aromatic nitrogens is 1. The molecule has 0 spiro atoms. The molecule has 1 saturated heterocycles. The summed E-state index contributed by atoms with van der Waals surface area (Å²) in [5.74, 6) is 2.71. The smallest absolute Gasteiger partial charge is 0.211 e. The zero-order chi connectivity index (χ0) is 17.3. The molecule has 2 N–H and O–H groups in total. The minimum atomic E-state index is -0.0116. The maximum Gasteiger partial charge on any atom is 0.211 e. The summed E-state index contributed by atoms with van der Waals surface area (Å²) in [5.41, 5.74) is 7.43. The first kappa shape index (κ1) is 17.2. The van der Waals surface area contributed by atoms with Crippen LogP contribution in [0.5, 0.6) is 0 Å². The predicted octanol–water partition coefficient (Wildman–Crippen LogP) is 3.71. The summed E-state index contributed by atoms with van der Waals surface area (Å²) < 4.78 is 6.05. The van der Waals surface area contributed by atoms with Crippen molar-refractivity contribution in [2.45, 2.75) is 45.1 Å². The molecular weight excluding hydrogens is 298 g/mol. The summed E-state index contributed by atoms with van der Waals surface area (Å²) in [5, 5.41) is 0. The second-order valence-corrected chi connectivity index (χ2v) is 7.96. The molecule has 130 valence electrons. The van der Waals surface area contributed by atoms with E-state index in [0.717, 1.165) is 24.7 Å². The van der Waals surface area contributed by atoms with Gasteiger partial charge in [0.05, 0.1) is 12.2 Å². The van der Waals surface area contributed by atoms with Crippen LogP contribution in [0.4, 0.5) is 0 Å². The van der Waals surface area contributed by atoms with E-state index in [-0.39, 0.29) is 11.5 Å². The molecule has 0 saturated carbocycles. The molecule has 0 radical (unpaired) electrons. The number of oxazole rings is 1. The van der Waals surface area contributed by atoms with Gasteiger partial charge in [-0.05, 0) is 24.9 Å². The topological polar surface area (TPSA) is 55.3 Å². The van der Waals surface area contributed by atoms with Gasteiger partial charge in [0.1, 0.15) is 5.76 Å². The van der Waals surface area contributed by atoms with Gasteiger partial charge >= 0.3 is 0 Å². The van der Waals surface area contributed by atoms with Crippen LogP contribution in [-0.4, -0.2) is 29.5 Å². The van der Waals surface area contributed by atoms with Crippen molar-refractivity contribution in [2.75, 3.05) is 19.6 Å². The molecule has 4 nitrogen and oxygen atoms in total. The Balaban J connectivity index is 1.77. The lowest BCUT2D eigenvalue weighted by atomic mass is 9.89. The Kier molecular flexibility index (Phi) is 4.79. The van der Waals surface area contributed by atoms with Gasteiger partial charge in [-0.3, -0.25) is 4.90 Å². The van der Waals surface area contributed by atoms with Gasteiger partial charge in [-0.2, -0.15) is 0 Å².